The van der Waals surface area contributed by atoms with E-state index in [2.05, 4.69) is 17.6 Å². The van der Waals surface area contributed by atoms with Crippen molar-refractivity contribution in [2.24, 2.45) is 0 Å². The summed E-state index contributed by atoms with van der Waals surface area (Å²) in [6, 6.07) is 9.73. The Labute approximate surface area is 109 Å². The molecule has 0 heterocycles. The largest absolute Gasteiger partial charge is 0.337 e. The molecule has 1 aromatic rings. The van der Waals surface area contributed by atoms with Gasteiger partial charge in [0.2, 0.25) is 0 Å². The van der Waals surface area contributed by atoms with Gasteiger partial charge in [0.25, 0.3) is 0 Å². The van der Waals surface area contributed by atoms with Crippen molar-refractivity contribution in [1.29, 1.82) is 0 Å². The minimum atomic E-state index is -0.159. The molecule has 0 aromatic heterocycles. The highest BCUT2D eigenvalue weighted by Gasteiger charge is 2.07. The van der Waals surface area contributed by atoms with Gasteiger partial charge in [0.15, 0.2) is 0 Å². The first-order valence-corrected chi connectivity index (χ1v) is 6.14. The predicted molar refractivity (Wildman–Crippen MR) is 74.4 cm³/mol. The van der Waals surface area contributed by atoms with Gasteiger partial charge in [0.1, 0.15) is 0 Å². The van der Waals surface area contributed by atoms with Crippen molar-refractivity contribution in [2.75, 3.05) is 27.2 Å². The van der Waals surface area contributed by atoms with E-state index in [0.29, 0.717) is 6.54 Å². The molecule has 0 aliphatic rings. The molecule has 0 spiro atoms. The lowest BCUT2D eigenvalue weighted by molar-refractivity contribution is 0.237. The monoisotopic (exact) mass is 248 g/mol. The van der Waals surface area contributed by atoms with Crippen LogP contribution in [0, 0.1) is 6.92 Å². The van der Waals surface area contributed by atoms with Crippen LogP contribution in [0.25, 0.3) is 0 Å². The summed E-state index contributed by atoms with van der Waals surface area (Å²) in [4.78, 5) is 13.6. The molecular weight excluding hydrogens is 226 g/mol. The Morgan fingerprint density at radius 2 is 2.00 bits per heavy atom. The van der Waals surface area contributed by atoms with Crippen molar-refractivity contribution < 1.29 is 4.79 Å². The SMILES string of the molecule is [CH2][C@@H](Cc1ccccc1)NC(=O)NCCN(C)C. The van der Waals surface area contributed by atoms with Gasteiger partial charge in [0.05, 0.1) is 0 Å². The predicted octanol–water partition coefficient (Wildman–Crippen LogP) is 1.29. The topological polar surface area (TPSA) is 44.4 Å². The molecule has 1 aromatic carbocycles. The summed E-state index contributed by atoms with van der Waals surface area (Å²) in [6.45, 7) is 5.40. The summed E-state index contributed by atoms with van der Waals surface area (Å²) in [7, 11) is 3.94. The van der Waals surface area contributed by atoms with E-state index >= 15 is 0 Å². The summed E-state index contributed by atoms with van der Waals surface area (Å²) >= 11 is 0. The zero-order chi connectivity index (χ0) is 13.4. The van der Waals surface area contributed by atoms with Crippen LogP contribution in [-0.2, 0) is 6.42 Å². The van der Waals surface area contributed by atoms with Crippen molar-refractivity contribution in [1.82, 2.24) is 15.5 Å². The van der Waals surface area contributed by atoms with E-state index < -0.39 is 0 Å². The minimum absolute atomic E-state index is 0.119. The van der Waals surface area contributed by atoms with E-state index in [1.54, 1.807) is 0 Å². The standard InChI is InChI=1S/C14H22N3O/c1-12(11-13-7-5-4-6-8-13)16-14(18)15-9-10-17(2)3/h4-8,12H,1,9-11H2,2-3H3,(H2,15,16,18)/t12-/m0/s1. The lowest BCUT2D eigenvalue weighted by Crippen LogP contribution is -2.43. The number of carbonyl (C=O) groups is 1. The fourth-order valence-electron chi connectivity index (χ4n) is 1.58. The van der Waals surface area contributed by atoms with E-state index in [-0.39, 0.29) is 12.1 Å². The maximum absolute atomic E-state index is 11.5. The zero-order valence-corrected chi connectivity index (χ0v) is 11.1. The first kappa shape index (κ1) is 14.5. The van der Waals surface area contributed by atoms with Gasteiger partial charge in [-0.15, -0.1) is 0 Å². The Morgan fingerprint density at radius 3 is 2.61 bits per heavy atom. The van der Waals surface area contributed by atoms with Crippen LogP contribution in [0.5, 0.6) is 0 Å². The third-order valence-electron chi connectivity index (χ3n) is 2.50. The third kappa shape index (κ3) is 6.25. The molecule has 0 bridgehead atoms. The van der Waals surface area contributed by atoms with Crippen LogP contribution in [0.2, 0.25) is 0 Å². The van der Waals surface area contributed by atoms with Gasteiger partial charge in [-0.2, -0.15) is 0 Å². The highest BCUT2D eigenvalue weighted by atomic mass is 16.2. The molecule has 0 saturated heterocycles. The van der Waals surface area contributed by atoms with Crippen molar-refractivity contribution >= 4 is 6.03 Å². The third-order valence-corrected chi connectivity index (χ3v) is 2.50. The molecule has 0 aliphatic heterocycles. The van der Waals surface area contributed by atoms with E-state index in [1.165, 1.54) is 5.56 Å². The average Bonchev–Trinajstić information content (AvgIpc) is 2.29. The lowest BCUT2D eigenvalue weighted by Gasteiger charge is -2.15. The molecule has 1 radical (unpaired) electrons. The number of carbonyl (C=O) groups excluding carboxylic acids is 1. The van der Waals surface area contributed by atoms with Crippen LogP contribution in [0.15, 0.2) is 30.3 Å². The van der Waals surface area contributed by atoms with Gasteiger partial charge >= 0.3 is 6.03 Å². The van der Waals surface area contributed by atoms with Gasteiger partial charge < -0.3 is 15.5 Å². The molecule has 0 saturated carbocycles. The van der Waals surface area contributed by atoms with Crippen molar-refractivity contribution in [3.63, 3.8) is 0 Å². The highest BCUT2D eigenvalue weighted by Crippen LogP contribution is 2.02. The van der Waals surface area contributed by atoms with Crippen LogP contribution in [0.1, 0.15) is 5.56 Å². The molecule has 2 amide bonds. The zero-order valence-electron chi connectivity index (χ0n) is 11.1. The number of nitrogens with zero attached hydrogens (tertiary/aromatic N) is 1. The van der Waals surface area contributed by atoms with Gasteiger partial charge in [0, 0.05) is 19.1 Å². The molecule has 0 unspecified atom stereocenters. The van der Waals surface area contributed by atoms with Gasteiger partial charge in [-0.25, -0.2) is 4.79 Å². The molecular formula is C14H22N3O. The molecule has 4 nitrogen and oxygen atoms in total. The lowest BCUT2D eigenvalue weighted by atomic mass is 10.1. The first-order chi connectivity index (χ1) is 8.58. The molecule has 4 heteroatoms. The summed E-state index contributed by atoms with van der Waals surface area (Å²) in [6.07, 6.45) is 0.738. The quantitative estimate of drug-likeness (QED) is 0.797. The Kier molecular flexibility index (Phi) is 6.22. The minimum Gasteiger partial charge on any atom is -0.337 e. The van der Waals surface area contributed by atoms with E-state index in [1.807, 2.05) is 49.3 Å². The van der Waals surface area contributed by atoms with Crippen molar-refractivity contribution in [3.8, 4) is 0 Å². The fraction of sp³-hybridized carbons (Fsp3) is 0.429. The van der Waals surface area contributed by atoms with E-state index in [4.69, 9.17) is 0 Å². The van der Waals surface area contributed by atoms with Crippen LogP contribution in [-0.4, -0.2) is 44.2 Å². The van der Waals surface area contributed by atoms with Crippen LogP contribution < -0.4 is 10.6 Å². The Morgan fingerprint density at radius 1 is 1.33 bits per heavy atom. The molecule has 2 N–H and O–H groups in total. The Bertz CT molecular complexity index is 351. The number of benzene rings is 1. The molecule has 1 rings (SSSR count). The van der Waals surface area contributed by atoms with Crippen molar-refractivity contribution in [2.45, 2.75) is 12.5 Å². The molecule has 18 heavy (non-hydrogen) atoms. The number of nitrogens with one attached hydrogen (secondary N) is 2. The van der Waals surface area contributed by atoms with Crippen LogP contribution in [0.4, 0.5) is 4.79 Å². The smallest absolute Gasteiger partial charge is 0.315 e. The number of hydrogen-bond acceptors (Lipinski definition) is 2. The maximum atomic E-state index is 11.5. The average molecular weight is 248 g/mol. The molecule has 1 atom stereocenters. The maximum Gasteiger partial charge on any atom is 0.315 e. The van der Waals surface area contributed by atoms with Crippen LogP contribution >= 0.6 is 0 Å². The second kappa shape index (κ2) is 7.71. The summed E-state index contributed by atoms with van der Waals surface area (Å²) in [5, 5.41) is 5.62. The second-order valence-corrected chi connectivity index (χ2v) is 4.59. The Balaban J connectivity index is 2.23. The van der Waals surface area contributed by atoms with E-state index in [9.17, 15) is 4.79 Å². The normalized spacial score (nSPS) is 12.2. The highest BCUT2D eigenvalue weighted by molar-refractivity contribution is 5.74. The number of urea groups is 1. The second-order valence-electron chi connectivity index (χ2n) is 4.59. The molecule has 0 fully saturated rings. The van der Waals surface area contributed by atoms with Gasteiger partial charge in [-0.1, -0.05) is 30.3 Å². The summed E-state index contributed by atoms with van der Waals surface area (Å²) in [5.41, 5.74) is 1.17. The number of rotatable bonds is 6. The number of hydrogen-bond donors (Lipinski definition) is 2. The number of amides is 2. The Hall–Kier alpha value is -1.55. The van der Waals surface area contributed by atoms with Crippen LogP contribution in [0.3, 0.4) is 0 Å². The van der Waals surface area contributed by atoms with Crippen molar-refractivity contribution in [3.05, 3.63) is 42.8 Å². The van der Waals surface area contributed by atoms with Gasteiger partial charge in [-0.05, 0) is 33.0 Å². The molecule has 99 valence electrons. The molecule has 0 aliphatic carbocycles. The van der Waals surface area contributed by atoms with E-state index in [0.717, 1.165) is 13.0 Å². The first-order valence-electron chi connectivity index (χ1n) is 6.14. The fourth-order valence-corrected chi connectivity index (χ4v) is 1.58. The summed E-state index contributed by atoms with van der Waals surface area (Å²) in [5.74, 6) is 0. The van der Waals surface area contributed by atoms with Gasteiger partial charge in [-0.3, -0.25) is 0 Å². The number of likely N-dealkylation sites (N-methyl/N-ethyl adjacent to an activating group) is 1. The summed E-state index contributed by atoms with van der Waals surface area (Å²) < 4.78 is 0.